The fourth-order valence-electron chi connectivity index (χ4n) is 5.15. The average molecular weight is 485 g/mol. The number of anilines is 2. The number of rotatable bonds is 8. The molecular formula is C25H30F2N6S. The molecule has 3 aliphatic rings. The lowest BCUT2D eigenvalue weighted by atomic mass is 9.85. The summed E-state index contributed by atoms with van der Waals surface area (Å²) in [5.41, 5.74) is 3.78. The Morgan fingerprint density at radius 1 is 1.09 bits per heavy atom. The minimum Gasteiger partial charge on any atom is -0.367 e. The van der Waals surface area contributed by atoms with E-state index in [0.29, 0.717) is 36.4 Å². The first-order chi connectivity index (χ1) is 16.5. The minimum absolute atomic E-state index is 0.0235. The van der Waals surface area contributed by atoms with Crippen LogP contribution >= 0.6 is 11.3 Å². The molecule has 3 saturated carbocycles. The SMILES string of the molecule is Cc1nc(NCC2CCC2)nc(N[C@H]2CCC(C(F)F)C2)c1-c1nc2c(C3CC3)nccc2s1. The number of thiazole rings is 1. The van der Waals surface area contributed by atoms with Crippen molar-refractivity contribution in [2.45, 2.75) is 76.7 Å². The summed E-state index contributed by atoms with van der Waals surface area (Å²) in [5, 5.41) is 7.78. The van der Waals surface area contributed by atoms with E-state index in [1.807, 2.05) is 19.2 Å². The Balaban J connectivity index is 1.35. The summed E-state index contributed by atoms with van der Waals surface area (Å²) < 4.78 is 27.7. The fourth-order valence-corrected chi connectivity index (χ4v) is 6.22. The van der Waals surface area contributed by atoms with E-state index in [1.165, 1.54) is 32.1 Å². The van der Waals surface area contributed by atoms with Crippen molar-refractivity contribution < 1.29 is 8.78 Å². The predicted molar refractivity (Wildman–Crippen MR) is 132 cm³/mol. The number of nitrogens with zero attached hydrogens (tertiary/aromatic N) is 4. The molecule has 180 valence electrons. The number of aromatic nitrogens is 4. The molecule has 2 atom stereocenters. The molecule has 2 N–H and O–H groups in total. The molecule has 3 aromatic heterocycles. The molecule has 3 aromatic rings. The molecular weight excluding hydrogens is 454 g/mol. The second-order valence-electron chi connectivity index (χ2n) is 10.1. The Morgan fingerprint density at radius 3 is 2.65 bits per heavy atom. The van der Waals surface area contributed by atoms with Crippen LogP contribution in [-0.2, 0) is 0 Å². The maximum Gasteiger partial charge on any atom is 0.241 e. The van der Waals surface area contributed by atoms with Crippen LogP contribution in [0.1, 0.15) is 68.7 Å². The van der Waals surface area contributed by atoms with Gasteiger partial charge in [-0.3, -0.25) is 4.98 Å². The van der Waals surface area contributed by atoms with Gasteiger partial charge in [0.2, 0.25) is 12.4 Å². The van der Waals surface area contributed by atoms with Crippen LogP contribution in [0.15, 0.2) is 12.3 Å². The second kappa shape index (κ2) is 8.98. The Bertz CT molecular complexity index is 1190. The van der Waals surface area contributed by atoms with E-state index in [1.54, 1.807) is 11.3 Å². The summed E-state index contributed by atoms with van der Waals surface area (Å²) in [7, 11) is 0. The third-order valence-electron chi connectivity index (χ3n) is 7.55. The Kier molecular flexibility index (Phi) is 5.83. The molecule has 0 radical (unpaired) electrons. The Labute approximate surface area is 202 Å². The van der Waals surface area contributed by atoms with Crippen molar-refractivity contribution in [1.29, 1.82) is 0 Å². The van der Waals surface area contributed by atoms with Gasteiger partial charge in [-0.1, -0.05) is 6.42 Å². The molecule has 0 aromatic carbocycles. The van der Waals surface area contributed by atoms with Crippen molar-refractivity contribution in [2.24, 2.45) is 11.8 Å². The third kappa shape index (κ3) is 4.34. The molecule has 6 rings (SSSR count). The van der Waals surface area contributed by atoms with Crippen molar-refractivity contribution in [3.05, 3.63) is 23.7 Å². The zero-order valence-corrected chi connectivity index (χ0v) is 20.2. The van der Waals surface area contributed by atoms with Crippen LogP contribution in [0, 0.1) is 18.8 Å². The lowest BCUT2D eigenvalue weighted by molar-refractivity contribution is 0.0803. The van der Waals surface area contributed by atoms with Crippen LogP contribution in [0.25, 0.3) is 20.8 Å². The molecule has 1 unspecified atom stereocenters. The van der Waals surface area contributed by atoms with Crippen molar-refractivity contribution in [2.75, 3.05) is 17.2 Å². The van der Waals surface area contributed by atoms with E-state index in [2.05, 4.69) is 15.6 Å². The minimum atomic E-state index is -2.27. The number of hydrogen-bond donors (Lipinski definition) is 2. The van der Waals surface area contributed by atoms with Gasteiger partial charge in [-0.25, -0.2) is 18.7 Å². The first kappa shape index (κ1) is 22.1. The van der Waals surface area contributed by atoms with Gasteiger partial charge in [0.1, 0.15) is 16.3 Å². The molecule has 9 heteroatoms. The van der Waals surface area contributed by atoms with Crippen molar-refractivity contribution in [1.82, 2.24) is 19.9 Å². The van der Waals surface area contributed by atoms with Gasteiger partial charge in [0.15, 0.2) is 0 Å². The summed E-state index contributed by atoms with van der Waals surface area (Å²) in [6, 6.07) is 1.99. The lowest BCUT2D eigenvalue weighted by Gasteiger charge is -2.25. The van der Waals surface area contributed by atoms with E-state index in [9.17, 15) is 8.78 Å². The normalized spacial score (nSPS) is 22.9. The predicted octanol–water partition coefficient (Wildman–Crippen LogP) is 6.39. The highest BCUT2D eigenvalue weighted by molar-refractivity contribution is 7.21. The van der Waals surface area contributed by atoms with E-state index in [0.717, 1.165) is 45.1 Å². The first-order valence-electron chi connectivity index (χ1n) is 12.5. The molecule has 0 aliphatic heterocycles. The van der Waals surface area contributed by atoms with Gasteiger partial charge in [0.25, 0.3) is 0 Å². The van der Waals surface area contributed by atoms with Gasteiger partial charge < -0.3 is 10.6 Å². The Hall–Kier alpha value is -2.42. The van der Waals surface area contributed by atoms with Crippen LogP contribution in [-0.4, -0.2) is 38.9 Å². The van der Waals surface area contributed by atoms with E-state index in [4.69, 9.17) is 15.0 Å². The highest BCUT2D eigenvalue weighted by atomic mass is 32.1. The zero-order chi connectivity index (χ0) is 23.2. The molecule has 6 nitrogen and oxygen atoms in total. The standard InChI is InChI=1S/C25H30F2N6S/c1-13-19(24-32-21-18(34-24)9-10-28-20(21)15-5-6-15)23(31-17-8-7-16(11-17)22(26)27)33-25(30-13)29-12-14-3-2-4-14/h9-10,14-17,22H,2-8,11-12H2,1H3,(H2,29,30,31,33)/t16?,17-/m0/s1. The first-order valence-corrected chi connectivity index (χ1v) is 13.3. The van der Waals surface area contributed by atoms with Crippen LogP contribution in [0.5, 0.6) is 0 Å². The van der Waals surface area contributed by atoms with Crippen LogP contribution in [0.4, 0.5) is 20.5 Å². The summed E-state index contributed by atoms with van der Waals surface area (Å²) in [6.45, 7) is 2.85. The van der Waals surface area contributed by atoms with Crippen molar-refractivity contribution in [3.8, 4) is 10.6 Å². The maximum atomic E-state index is 13.3. The van der Waals surface area contributed by atoms with Crippen molar-refractivity contribution >= 4 is 33.3 Å². The highest BCUT2D eigenvalue weighted by Gasteiger charge is 2.33. The van der Waals surface area contributed by atoms with E-state index >= 15 is 0 Å². The van der Waals surface area contributed by atoms with Gasteiger partial charge in [-0.15, -0.1) is 11.3 Å². The molecule has 0 bridgehead atoms. The summed E-state index contributed by atoms with van der Waals surface area (Å²) in [5.74, 6) is 1.94. The number of pyridine rings is 1. The number of nitrogens with one attached hydrogen (secondary N) is 2. The highest BCUT2D eigenvalue weighted by Crippen LogP contribution is 2.44. The van der Waals surface area contributed by atoms with Gasteiger partial charge in [-0.2, -0.15) is 4.98 Å². The molecule has 3 aliphatic carbocycles. The van der Waals surface area contributed by atoms with Gasteiger partial charge >= 0.3 is 0 Å². The quantitative estimate of drug-likeness (QED) is 0.386. The lowest BCUT2D eigenvalue weighted by Crippen LogP contribution is -2.23. The van der Waals surface area contributed by atoms with Crippen LogP contribution < -0.4 is 10.6 Å². The largest absolute Gasteiger partial charge is 0.367 e. The van der Waals surface area contributed by atoms with Gasteiger partial charge in [0, 0.05) is 30.6 Å². The van der Waals surface area contributed by atoms with Crippen LogP contribution in [0.3, 0.4) is 0 Å². The molecule has 3 heterocycles. The smallest absolute Gasteiger partial charge is 0.241 e. The second-order valence-corrected chi connectivity index (χ2v) is 11.1. The van der Waals surface area contributed by atoms with E-state index < -0.39 is 12.3 Å². The monoisotopic (exact) mass is 484 g/mol. The van der Waals surface area contributed by atoms with Gasteiger partial charge in [0.05, 0.1) is 21.7 Å². The molecule has 3 fully saturated rings. The number of alkyl halides is 2. The average Bonchev–Trinajstić information content (AvgIpc) is 3.35. The molecule has 0 spiro atoms. The summed E-state index contributed by atoms with van der Waals surface area (Å²) in [4.78, 5) is 19.2. The number of aryl methyl sites for hydroxylation is 1. The Morgan fingerprint density at radius 2 is 1.94 bits per heavy atom. The summed E-state index contributed by atoms with van der Waals surface area (Å²) >= 11 is 1.63. The van der Waals surface area contributed by atoms with E-state index in [-0.39, 0.29) is 6.04 Å². The van der Waals surface area contributed by atoms with Crippen LogP contribution in [0.2, 0.25) is 0 Å². The molecule has 34 heavy (non-hydrogen) atoms. The van der Waals surface area contributed by atoms with Crippen molar-refractivity contribution in [3.63, 3.8) is 0 Å². The third-order valence-corrected chi connectivity index (χ3v) is 8.59. The van der Waals surface area contributed by atoms with Gasteiger partial charge in [-0.05, 0) is 63.9 Å². The topological polar surface area (TPSA) is 75.6 Å². The number of hydrogen-bond acceptors (Lipinski definition) is 7. The zero-order valence-electron chi connectivity index (χ0n) is 19.4. The molecule has 0 saturated heterocycles. The summed E-state index contributed by atoms with van der Waals surface area (Å²) in [6.07, 6.45) is 7.44. The number of fused-ring (bicyclic) bond motifs is 1. The fraction of sp³-hybridized carbons (Fsp3) is 0.600. The maximum absolute atomic E-state index is 13.3. The molecule has 0 amide bonds. The number of halogens is 2.